The molecule has 1 saturated heterocycles. The van der Waals surface area contributed by atoms with Gasteiger partial charge in [0, 0.05) is 49.8 Å². The number of amides is 2. The van der Waals surface area contributed by atoms with Gasteiger partial charge in [-0.2, -0.15) is 0 Å². The Morgan fingerprint density at radius 2 is 1.97 bits per heavy atom. The Morgan fingerprint density at radius 1 is 1.21 bits per heavy atom. The summed E-state index contributed by atoms with van der Waals surface area (Å²) in [4.78, 5) is 46.5. The summed E-state index contributed by atoms with van der Waals surface area (Å²) in [6.07, 6.45) is 2.44. The summed E-state index contributed by atoms with van der Waals surface area (Å²) in [7, 11) is 0. The van der Waals surface area contributed by atoms with Gasteiger partial charge in [0.2, 0.25) is 0 Å². The van der Waals surface area contributed by atoms with Crippen LogP contribution in [0, 0.1) is 6.92 Å². The average Bonchev–Trinajstić information content (AvgIpc) is 3.46. The molecule has 33 heavy (non-hydrogen) atoms. The Hall–Kier alpha value is -3.29. The maximum absolute atomic E-state index is 13.2. The number of likely N-dealkylation sites (tertiary alicyclic amines) is 1. The number of aromatic amines is 1. The van der Waals surface area contributed by atoms with Crippen molar-refractivity contribution < 1.29 is 9.59 Å². The van der Waals surface area contributed by atoms with Crippen LogP contribution in [0.25, 0.3) is 11.0 Å². The summed E-state index contributed by atoms with van der Waals surface area (Å²) in [5.74, 6) is 1.95. The highest BCUT2D eigenvalue weighted by Crippen LogP contribution is 2.27. The number of imidazole rings is 1. The fourth-order valence-corrected chi connectivity index (χ4v) is 4.35. The van der Waals surface area contributed by atoms with E-state index >= 15 is 0 Å². The van der Waals surface area contributed by atoms with Crippen molar-refractivity contribution >= 4 is 22.8 Å². The third kappa shape index (κ3) is 4.47. The van der Waals surface area contributed by atoms with Crippen LogP contribution in [0.1, 0.15) is 84.0 Å². The number of aryl methyl sites for hydroxylation is 1. The number of aromatic nitrogens is 4. The number of carbonyl (C=O) groups excluding carboxylic acids is 2. The van der Waals surface area contributed by atoms with Crippen molar-refractivity contribution in [1.29, 1.82) is 0 Å². The van der Waals surface area contributed by atoms with E-state index in [9.17, 15) is 9.59 Å². The molecule has 174 valence electrons. The van der Waals surface area contributed by atoms with Gasteiger partial charge in [-0.15, -0.1) is 0 Å². The highest BCUT2D eigenvalue weighted by atomic mass is 16.2. The first-order chi connectivity index (χ1) is 15.8. The zero-order chi connectivity index (χ0) is 23.7. The molecule has 0 spiro atoms. The zero-order valence-electron chi connectivity index (χ0n) is 20.1. The van der Waals surface area contributed by atoms with E-state index < -0.39 is 0 Å². The van der Waals surface area contributed by atoms with Crippen molar-refractivity contribution in [3.05, 3.63) is 52.9 Å². The third-order valence-corrected chi connectivity index (χ3v) is 6.41. The maximum Gasteiger partial charge on any atom is 0.257 e. The van der Waals surface area contributed by atoms with E-state index in [0.717, 1.165) is 23.3 Å². The van der Waals surface area contributed by atoms with Gasteiger partial charge in [0.1, 0.15) is 11.6 Å². The van der Waals surface area contributed by atoms with Gasteiger partial charge >= 0.3 is 0 Å². The van der Waals surface area contributed by atoms with Crippen LogP contribution in [0.15, 0.2) is 24.4 Å². The molecule has 3 heterocycles. The van der Waals surface area contributed by atoms with E-state index in [0.29, 0.717) is 54.7 Å². The topological polar surface area (TPSA) is 95.1 Å². The second kappa shape index (κ2) is 9.29. The van der Waals surface area contributed by atoms with Crippen LogP contribution in [0.3, 0.4) is 0 Å². The lowest BCUT2D eigenvalue weighted by Gasteiger charge is -2.20. The molecule has 1 aliphatic rings. The second-order valence-electron chi connectivity index (χ2n) is 8.95. The predicted molar refractivity (Wildman–Crippen MR) is 127 cm³/mol. The van der Waals surface area contributed by atoms with Crippen molar-refractivity contribution in [3.8, 4) is 0 Å². The van der Waals surface area contributed by atoms with Crippen molar-refractivity contribution in [2.24, 2.45) is 0 Å². The molecule has 1 aliphatic heterocycles. The number of carbonyl (C=O) groups is 2. The molecule has 2 amide bonds. The number of hydrogen-bond donors (Lipinski definition) is 1. The number of rotatable bonds is 6. The SMILES string of the molecule is CCN(CC)C(=O)c1cnc(C2CCN(C(=O)c3ccc4nc(C(C)C)[nH]c4c3)C2)nc1C. The van der Waals surface area contributed by atoms with E-state index in [4.69, 9.17) is 0 Å². The normalized spacial score (nSPS) is 16.1. The fraction of sp³-hybridized carbons (Fsp3) is 0.480. The standard InChI is InChI=1S/C25H32N6O2/c1-6-30(7-2)25(33)19-13-26-23(27-16(19)5)18-10-11-31(14-18)24(32)17-8-9-20-21(12-17)29-22(28-20)15(3)4/h8-9,12-13,15,18H,6-7,10-11,14H2,1-5H3,(H,28,29). The lowest BCUT2D eigenvalue weighted by molar-refractivity contribution is 0.0769. The van der Waals surface area contributed by atoms with Crippen LogP contribution >= 0.6 is 0 Å². The average molecular weight is 449 g/mol. The van der Waals surface area contributed by atoms with Crippen LogP contribution in [-0.2, 0) is 0 Å². The molecule has 1 N–H and O–H groups in total. The summed E-state index contributed by atoms with van der Waals surface area (Å²) in [5, 5.41) is 0. The van der Waals surface area contributed by atoms with Crippen LogP contribution < -0.4 is 0 Å². The molecule has 2 aromatic heterocycles. The molecule has 8 nitrogen and oxygen atoms in total. The summed E-state index contributed by atoms with van der Waals surface area (Å²) < 4.78 is 0. The highest BCUT2D eigenvalue weighted by molar-refractivity contribution is 5.97. The van der Waals surface area contributed by atoms with Gasteiger partial charge in [-0.3, -0.25) is 9.59 Å². The van der Waals surface area contributed by atoms with Gasteiger partial charge in [0.15, 0.2) is 0 Å². The molecule has 0 radical (unpaired) electrons. The van der Waals surface area contributed by atoms with Gasteiger partial charge in [0.25, 0.3) is 11.8 Å². The summed E-state index contributed by atoms with van der Waals surface area (Å²) >= 11 is 0. The molecule has 0 saturated carbocycles. The Bertz CT molecular complexity index is 1180. The first kappa shape index (κ1) is 22.9. The monoisotopic (exact) mass is 448 g/mol. The minimum Gasteiger partial charge on any atom is -0.342 e. The molecular weight excluding hydrogens is 416 g/mol. The van der Waals surface area contributed by atoms with E-state index in [1.165, 1.54) is 0 Å². The van der Waals surface area contributed by atoms with Crippen LogP contribution in [-0.4, -0.2) is 67.7 Å². The van der Waals surface area contributed by atoms with E-state index in [1.807, 2.05) is 43.9 Å². The number of hydrogen-bond acceptors (Lipinski definition) is 5. The van der Waals surface area contributed by atoms with Gasteiger partial charge in [-0.25, -0.2) is 15.0 Å². The predicted octanol–water partition coefficient (Wildman–Crippen LogP) is 3.90. The van der Waals surface area contributed by atoms with E-state index in [2.05, 4.69) is 33.8 Å². The van der Waals surface area contributed by atoms with E-state index in [-0.39, 0.29) is 17.7 Å². The Kier molecular flexibility index (Phi) is 6.44. The number of benzene rings is 1. The molecule has 0 bridgehead atoms. The number of fused-ring (bicyclic) bond motifs is 1. The largest absolute Gasteiger partial charge is 0.342 e. The van der Waals surface area contributed by atoms with Crippen molar-refractivity contribution in [2.75, 3.05) is 26.2 Å². The van der Waals surface area contributed by atoms with Crippen molar-refractivity contribution in [3.63, 3.8) is 0 Å². The minimum absolute atomic E-state index is 0.00477. The minimum atomic E-state index is -0.0397. The molecule has 1 aromatic carbocycles. The summed E-state index contributed by atoms with van der Waals surface area (Å²) in [6.45, 7) is 12.5. The molecule has 3 aromatic rings. The van der Waals surface area contributed by atoms with Crippen LogP contribution in [0.4, 0.5) is 0 Å². The first-order valence-corrected chi connectivity index (χ1v) is 11.7. The molecule has 4 rings (SSSR count). The molecular formula is C25H32N6O2. The number of nitrogens with one attached hydrogen (secondary N) is 1. The van der Waals surface area contributed by atoms with Gasteiger partial charge in [-0.05, 0) is 45.4 Å². The summed E-state index contributed by atoms with van der Waals surface area (Å²) in [5.41, 5.74) is 3.64. The first-order valence-electron chi connectivity index (χ1n) is 11.7. The van der Waals surface area contributed by atoms with E-state index in [1.54, 1.807) is 11.1 Å². The van der Waals surface area contributed by atoms with Crippen molar-refractivity contribution in [2.45, 2.75) is 52.9 Å². The molecule has 0 aliphatic carbocycles. The Balaban J connectivity index is 1.48. The van der Waals surface area contributed by atoms with Gasteiger partial charge < -0.3 is 14.8 Å². The zero-order valence-corrected chi connectivity index (χ0v) is 20.1. The quantitative estimate of drug-likeness (QED) is 0.617. The maximum atomic E-state index is 13.2. The van der Waals surface area contributed by atoms with Crippen molar-refractivity contribution in [1.82, 2.24) is 29.7 Å². The fourth-order valence-electron chi connectivity index (χ4n) is 4.35. The van der Waals surface area contributed by atoms with Crippen LogP contribution in [0.5, 0.6) is 0 Å². The molecule has 1 fully saturated rings. The number of nitrogens with zero attached hydrogens (tertiary/aromatic N) is 5. The third-order valence-electron chi connectivity index (χ3n) is 6.41. The van der Waals surface area contributed by atoms with Gasteiger partial charge in [-0.1, -0.05) is 13.8 Å². The molecule has 8 heteroatoms. The van der Waals surface area contributed by atoms with Crippen LogP contribution in [0.2, 0.25) is 0 Å². The number of H-pyrrole nitrogens is 1. The lowest BCUT2D eigenvalue weighted by atomic mass is 10.1. The highest BCUT2D eigenvalue weighted by Gasteiger charge is 2.30. The van der Waals surface area contributed by atoms with Gasteiger partial charge in [0.05, 0.1) is 22.3 Å². The summed E-state index contributed by atoms with van der Waals surface area (Å²) in [6, 6.07) is 5.63. The Labute approximate surface area is 194 Å². The molecule has 1 unspecified atom stereocenters. The second-order valence-corrected chi connectivity index (χ2v) is 8.95. The lowest BCUT2D eigenvalue weighted by Crippen LogP contribution is -2.31. The molecule has 1 atom stereocenters. The smallest absolute Gasteiger partial charge is 0.257 e. The Morgan fingerprint density at radius 3 is 2.64 bits per heavy atom.